The van der Waals surface area contributed by atoms with E-state index in [1.54, 1.807) is 17.0 Å². The van der Waals surface area contributed by atoms with E-state index in [9.17, 15) is 13.2 Å². The minimum atomic E-state index is -3.18. The predicted molar refractivity (Wildman–Crippen MR) is 86.6 cm³/mol. The summed E-state index contributed by atoms with van der Waals surface area (Å²) in [4.78, 5) is 14.5. The minimum absolute atomic E-state index is 0.184. The van der Waals surface area contributed by atoms with Crippen molar-refractivity contribution >= 4 is 15.7 Å². The largest absolute Gasteiger partial charge is 0.455 e. The Kier molecular flexibility index (Phi) is 4.26. The van der Waals surface area contributed by atoms with Gasteiger partial charge in [-0.15, -0.1) is 0 Å². The van der Waals surface area contributed by atoms with E-state index in [2.05, 4.69) is 0 Å². The van der Waals surface area contributed by atoms with E-state index < -0.39 is 9.84 Å². The molecule has 5 nitrogen and oxygen atoms in total. The van der Waals surface area contributed by atoms with Gasteiger partial charge in [0.1, 0.15) is 11.5 Å². The van der Waals surface area contributed by atoms with E-state index in [1.807, 2.05) is 30.3 Å². The first kappa shape index (κ1) is 15.8. The maximum atomic E-state index is 12.7. The average molecular weight is 333 g/mol. The molecule has 0 bridgehead atoms. The Labute approximate surface area is 135 Å². The molecule has 0 N–H and O–H groups in total. The molecule has 6 heteroatoms. The highest BCUT2D eigenvalue weighted by atomic mass is 32.2. The van der Waals surface area contributed by atoms with Crippen molar-refractivity contribution in [2.24, 2.45) is 0 Å². The lowest BCUT2D eigenvalue weighted by molar-refractivity contribution is 0.0696. The first-order valence-corrected chi connectivity index (χ1v) is 9.60. The van der Waals surface area contributed by atoms with Crippen LogP contribution < -0.4 is 0 Å². The second-order valence-corrected chi connectivity index (χ2v) is 8.13. The first-order valence-electron chi connectivity index (χ1n) is 7.54. The van der Waals surface area contributed by atoms with Gasteiger partial charge in [0.2, 0.25) is 0 Å². The molecule has 0 atom stereocenters. The number of hydrogen-bond donors (Lipinski definition) is 0. The Morgan fingerprint density at radius 2 is 1.87 bits per heavy atom. The third-order valence-electron chi connectivity index (χ3n) is 3.72. The SMILES string of the molecule is CS(=O)(=O)Cc1ccc(C(=O)N(Cc2ccccc2)C2CC2)o1. The maximum absolute atomic E-state index is 12.7. The Morgan fingerprint density at radius 3 is 2.48 bits per heavy atom. The minimum Gasteiger partial charge on any atom is -0.455 e. The van der Waals surface area contributed by atoms with Gasteiger partial charge in [0, 0.05) is 18.8 Å². The van der Waals surface area contributed by atoms with Crippen LogP contribution in [-0.2, 0) is 22.1 Å². The Balaban J connectivity index is 1.76. The smallest absolute Gasteiger partial charge is 0.290 e. The third kappa shape index (κ3) is 4.22. The molecule has 1 fully saturated rings. The van der Waals surface area contributed by atoms with E-state index in [1.165, 1.54) is 0 Å². The molecule has 0 unspecified atom stereocenters. The number of carbonyl (C=O) groups is 1. The Bertz CT molecular complexity index is 791. The number of furan rings is 1. The van der Waals surface area contributed by atoms with Crippen LogP contribution in [0.3, 0.4) is 0 Å². The second-order valence-electron chi connectivity index (χ2n) is 5.99. The summed E-state index contributed by atoms with van der Waals surface area (Å²) in [5.41, 5.74) is 1.07. The molecule has 1 saturated carbocycles. The average Bonchev–Trinajstić information content (AvgIpc) is 3.24. The molecule has 0 saturated heterocycles. The molecule has 1 aliphatic rings. The van der Waals surface area contributed by atoms with Crippen molar-refractivity contribution < 1.29 is 17.6 Å². The standard InChI is InChI=1S/C17H19NO4S/c1-23(20,21)12-15-9-10-16(22-15)17(19)18(14-7-8-14)11-13-5-3-2-4-6-13/h2-6,9-10,14H,7-8,11-12H2,1H3. The Morgan fingerprint density at radius 1 is 1.17 bits per heavy atom. The van der Waals surface area contributed by atoms with Gasteiger partial charge in [-0.1, -0.05) is 30.3 Å². The van der Waals surface area contributed by atoms with Crippen molar-refractivity contribution in [3.63, 3.8) is 0 Å². The molecule has 1 aromatic heterocycles. The number of sulfone groups is 1. The van der Waals surface area contributed by atoms with Gasteiger partial charge >= 0.3 is 0 Å². The fourth-order valence-corrected chi connectivity index (χ4v) is 3.18. The zero-order valence-corrected chi connectivity index (χ0v) is 13.8. The van der Waals surface area contributed by atoms with Gasteiger partial charge in [-0.3, -0.25) is 4.79 Å². The quantitative estimate of drug-likeness (QED) is 0.815. The lowest BCUT2D eigenvalue weighted by Gasteiger charge is -2.21. The normalized spacial score (nSPS) is 14.7. The summed E-state index contributed by atoms with van der Waals surface area (Å²) >= 11 is 0. The lowest BCUT2D eigenvalue weighted by Crippen LogP contribution is -2.32. The molecule has 3 rings (SSSR count). The summed E-state index contributed by atoms with van der Waals surface area (Å²) < 4.78 is 28.1. The van der Waals surface area contributed by atoms with Crippen molar-refractivity contribution in [2.75, 3.05) is 6.26 Å². The topological polar surface area (TPSA) is 67.6 Å². The molecule has 1 heterocycles. The molecule has 23 heavy (non-hydrogen) atoms. The van der Waals surface area contributed by atoms with Crippen LogP contribution in [0.25, 0.3) is 0 Å². The molecule has 0 aliphatic heterocycles. The van der Waals surface area contributed by atoms with E-state index in [0.717, 1.165) is 24.7 Å². The van der Waals surface area contributed by atoms with Gasteiger partial charge in [-0.05, 0) is 30.5 Å². The zero-order valence-electron chi connectivity index (χ0n) is 12.9. The summed E-state index contributed by atoms with van der Waals surface area (Å²) in [6.45, 7) is 0.534. The van der Waals surface area contributed by atoms with Crippen LogP contribution in [0.2, 0.25) is 0 Å². The summed E-state index contributed by atoms with van der Waals surface area (Å²) in [6.07, 6.45) is 3.13. The van der Waals surface area contributed by atoms with Crippen LogP contribution in [-0.4, -0.2) is 31.5 Å². The molecule has 1 amide bonds. The zero-order chi connectivity index (χ0) is 16.4. The van der Waals surface area contributed by atoms with E-state index in [4.69, 9.17) is 4.42 Å². The van der Waals surface area contributed by atoms with E-state index >= 15 is 0 Å². The Hall–Kier alpha value is -2.08. The van der Waals surface area contributed by atoms with Gasteiger partial charge in [0.05, 0.1) is 0 Å². The maximum Gasteiger partial charge on any atom is 0.290 e. The summed E-state index contributed by atoms with van der Waals surface area (Å²) in [7, 11) is -3.18. The van der Waals surface area contributed by atoms with Crippen LogP contribution in [0.15, 0.2) is 46.9 Å². The number of nitrogens with zero attached hydrogens (tertiary/aromatic N) is 1. The lowest BCUT2D eigenvalue weighted by atomic mass is 10.2. The molecule has 1 aromatic carbocycles. The summed E-state index contributed by atoms with van der Waals surface area (Å²) in [6, 6.07) is 13.2. The third-order valence-corrected chi connectivity index (χ3v) is 4.53. The number of benzene rings is 1. The fraction of sp³-hybridized carbons (Fsp3) is 0.353. The molecular weight excluding hydrogens is 314 g/mol. The predicted octanol–water partition coefficient (Wildman–Crippen LogP) is 2.63. The highest BCUT2D eigenvalue weighted by molar-refractivity contribution is 7.89. The number of carbonyl (C=O) groups excluding carboxylic acids is 1. The molecule has 2 aromatic rings. The van der Waals surface area contributed by atoms with Gasteiger partial charge in [-0.25, -0.2) is 8.42 Å². The second kappa shape index (κ2) is 6.20. The number of rotatable bonds is 6. The monoisotopic (exact) mass is 333 g/mol. The van der Waals surface area contributed by atoms with Gasteiger partial charge in [0.25, 0.3) is 5.91 Å². The van der Waals surface area contributed by atoms with Gasteiger partial charge in [0.15, 0.2) is 15.6 Å². The van der Waals surface area contributed by atoms with Crippen LogP contribution >= 0.6 is 0 Å². The van der Waals surface area contributed by atoms with Crippen LogP contribution in [0.1, 0.15) is 34.7 Å². The van der Waals surface area contributed by atoms with Crippen molar-refractivity contribution in [1.29, 1.82) is 0 Å². The molecule has 122 valence electrons. The van der Waals surface area contributed by atoms with Crippen LogP contribution in [0.5, 0.6) is 0 Å². The fourth-order valence-electron chi connectivity index (χ4n) is 2.50. The molecule has 0 radical (unpaired) electrons. The molecule has 0 spiro atoms. The van der Waals surface area contributed by atoms with Crippen molar-refractivity contribution in [3.05, 3.63) is 59.5 Å². The van der Waals surface area contributed by atoms with Crippen molar-refractivity contribution in [3.8, 4) is 0 Å². The van der Waals surface area contributed by atoms with E-state index in [-0.39, 0.29) is 23.5 Å². The number of amides is 1. The number of hydrogen-bond acceptors (Lipinski definition) is 4. The van der Waals surface area contributed by atoms with Crippen molar-refractivity contribution in [1.82, 2.24) is 4.90 Å². The molecule has 1 aliphatic carbocycles. The van der Waals surface area contributed by atoms with Crippen molar-refractivity contribution in [2.45, 2.75) is 31.2 Å². The summed E-state index contributed by atoms with van der Waals surface area (Å²) in [5, 5.41) is 0. The highest BCUT2D eigenvalue weighted by Gasteiger charge is 2.34. The van der Waals surface area contributed by atoms with Crippen LogP contribution in [0.4, 0.5) is 0 Å². The van der Waals surface area contributed by atoms with E-state index in [0.29, 0.717) is 12.3 Å². The van der Waals surface area contributed by atoms with Gasteiger partial charge < -0.3 is 9.32 Å². The molecular formula is C17H19NO4S. The first-order chi connectivity index (χ1) is 10.9. The van der Waals surface area contributed by atoms with Gasteiger partial charge in [-0.2, -0.15) is 0 Å². The van der Waals surface area contributed by atoms with Crippen LogP contribution in [0, 0.1) is 0 Å². The highest BCUT2D eigenvalue weighted by Crippen LogP contribution is 2.30. The summed E-state index contributed by atoms with van der Waals surface area (Å²) in [5.74, 6) is 0.122.